The zero-order valence-corrected chi connectivity index (χ0v) is 11.1. The van der Waals surface area contributed by atoms with E-state index in [0.29, 0.717) is 18.1 Å². The molecule has 0 aliphatic carbocycles. The Morgan fingerprint density at radius 2 is 2.32 bits per heavy atom. The molecule has 0 amide bonds. The van der Waals surface area contributed by atoms with Gasteiger partial charge < -0.3 is 10.5 Å². The number of aryl methyl sites for hydroxylation is 1. The molecule has 1 aromatic heterocycles. The molecule has 2 rings (SSSR count). The van der Waals surface area contributed by atoms with Gasteiger partial charge in [0, 0.05) is 6.54 Å². The molecule has 100 valence electrons. The lowest BCUT2D eigenvalue weighted by molar-refractivity contribution is 0.0457. The van der Waals surface area contributed by atoms with Gasteiger partial charge in [0.05, 0.1) is 16.3 Å². The van der Waals surface area contributed by atoms with Gasteiger partial charge in [0.1, 0.15) is 6.33 Å². The van der Waals surface area contributed by atoms with Gasteiger partial charge in [-0.3, -0.25) is 0 Å². The molecule has 6 nitrogen and oxygen atoms in total. The molecular weight excluding hydrogens is 268 g/mol. The topological polar surface area (TPSA) is 83.0 Å². The van der Waals surface area contributed by atoms with E-state index in [4.69, 9.17) is 22.1 Å². The SMILES string of the molecule is CCn1ncnc1COC(=O)c1cccc(N)c1Cl. The molecule has 0 aliphatic rings. The predicted octanol–water partition coefficient (Wildman–Crippen LogP) is 1.89. The summed E-state index contributed by atoms with van der Waals surface area (Å²) >= 11 is 5.95. The lowest BCUT2D eigenvalue weighted by Crippen LogP contribution is -2.11. The van der Waals surface area contributed by atoms with Crippen LogP contribution in [0.3, 0.4) is 0 Å². The minimum Gasteiger partial charge on any atom is -0.454 e. The fraction of sp³-hybridized carbons (Fsp3) is 0.250. The quantitative estimate of drug-likeness (QED) is 0.683. The fourth-order valence-corrected chi connectivity index (χ4v) is 1.78. The standard InChI is InChI=1S/C12H13ClN4O2/c1-2-17-10(15-7-16-17)6-19-12(18)8-4-3-5-9(14)11(8)13/h3-5,7H,2,6,14H2,1H3. The molecule has 7 heteroatoms. The number of hydrogen-bond donors (Lipinski definition) is 1. The van der Waals surface area contributed by atoms with Gasteiger partial charge in [-0.25, -0.2) is 14.5 Å². The molecule has 0 radical (unpaired) electrons. The molecule has 0 unspecified atom stereocenters. The molecule has 0 atom stereocenters. The molecule has 0 saturated carbocycles. The van der Waals surface area contributed by atoms with Crippen molar-refractivity contribution in [1.82, 2.24) is 14.8 Å². The van der Waals surface area contributed by atoms with Gasteiger partial charge in [-0.15, -0.1) is 0 Å². The number of rotatable bonds is 4. The van der Waals surface area contributed by atoms with Crippen LogP contribution in [0.4, 0.5) is 5.69 Å². The molecule has 0 bridgehead atoms. The Balaban J connectivity index is 2.08. The van der Waals surface area contributed by atoms with Crippen LogP contribution < -0.4 is 5.73 Å². The van der Waals surface area contributed by atoms with Crippen molar-refractivity contribution in [3.05, 3.63) is 40.9 Å². The second-order valence-corrected chi connectivity index (χ2v) is 4.15. The molecule has 2 aromatic rings. The van der Waals surface area contributed by atoms with Crippen LogP contribution in [0.25, 0.3) is 0 Å². The van der Waals surface area contributed by atoms with E-state index >= 15 is 0 Å². The van der Waals surface area contributed by atoms with Crippen molar-refractivity contribution in [2.75, 3.05) is 5.73 Å². The van der Waals surface area contributed by atoms with Crippen molar-refractivity contribution in [1.29, 1.82) is 0 Å². The molecule has 19 heavy (non-hydrogen) atoms. The van der Waals surface area contributed by atoms with E-state index in [0.717, 1.165) is 0 Å². The summed E-state index contributed by atoms with van der Waals surface area (Å²) in [5.41, 5.74) is 6.21. The highest BCUT2D eigenvalue weighted by Gasteiger charge is 2.14. The third-order valence-electron chi connectivity index (χ3n) is 2.58. The summed E-state index contributed by atoms with van der Waals surface area (Å²) < 4.78 is 6.80. The average Bonchev–Trinajstić information content (AvgIpc) is 2.86. The second kappa shape index (κ2) is 5.71. The highest BCUT2D eigenvalue weighted by atomic mass is 35.5. The van der Waals surface area contributed by atoms with E-state index in [1.165, 1.54) is 6.33 Å². The molecule has 1 heterocycles. The van der Waals surface area contributed by atoms with Crippen LogP contribution in [0.2, 0.25) is 5.02 Å². The number of aromatic nitrogens is 3. The van der Waals surface area contributed by atoms with Crippen molar-refractivity contribution in [2.24, 2.45) is 0 Å². The van der Waals surface area contributed by atoms with Gasteiger partial charge in [0.25, 0.3) is 0 Å². The molecule has 0 fully saturated rings. The Morgan fingerprint density at radius 3 is 3.05 bits per heavy atom. The number of nitrogens with two attached hydrogens (primary N) is 1. The van der Waals surface area contributed by atoms with Gasteiger partial charge in [-0.2, -0.15) is 5.10 Å². The second-order valence-electron chi connectivity index (χ2n) is 3.78. The number of nitrogen functional groups attached to an aromatic ring is 1. The van der Waals surface area contributed by atoms with Crippen LogP contribution in [-0.2, 0) is 17.9 Å². The number of ether oxygens (including phenoxy) is 1. The Bertz CT molecular complexity index is 597. The highest BCUT2D eigenvalue weighted by molar-refractivity contribution is 6.36. The van der Waals surface area contributed by atoms with E-state index in [1.807, 2.05) is 6.92 Å². The zero-order chi connectivity index (χ0) is 13.8. The van der Waals surface area contributed by atoms with Crippen molar-refractivity contribution in [3.8, 4) is 0 Å². The monoisotopic (exact) mass is 280 g/mol. The van der Waals surface area contributed by atoms with Crippen LogP contribution >= 0.6 is 11.6 Å². The van der Waals surface area contributed by atoms with Crippen molar-refractivity contribution in [3.63, 3.8) is 0 Å². The van der Waals surface area contributed by atoms with Crippen LogP contribution in [-0.4, -0.2) is 20.7 Å². The van der Waals surface area contributed by atoms with E-state index in [2.05, 4.69) is 10.1 Å². The average molecular weight is 281 g/mol. The number of carbonyl (C=O) groups is 1. The summed E-state index contributed by atoms with van der Waals surface area (Å²) in [6.07, 6.45) is 1.42. The first-order valence-corrected chi connectivity index (χ1v) is 6.09. The Morgan fingerprint density at radius 1 is 1.53 bits per heavy atom. The smallest absolute Gasteiger partial charge is 0.340 e. The summed E-state index contributed by atoms with van der Waals surface area (Å²) in [7, 11) is 0. The van der Waals surface area contributed by atoms with E-state index < -0.39 is 5.97 Å². The van der Waals surface area contributed by atoms with Crippen LogP contribution in [0, 0.1) is 0 Å². The minimum atomic E-state index is -0.539. The van der Waals surface area contributed by atoms with Crippen LogP contribution in [0.5, 0.6) is 0 Å². The van der Waals surface area contributed by atoms with E-state index in [9.17, 15) is 4.79 Å². The summed E-state index contributed by atoms with van der Waals surface area (Å²) in [4.78, 5) is 15.9. The third kappa shape index (κ3) is 2.85. The summed E-state index contributed by atoms with van der Waals surface area (Å²) in [5.74, 6) is 0.0406. The summed E-state index contributed by atoms with van der Waals surface area (Å²) in [6, 6.07) is 4.82. The van der Waals surface area contributed by atoms with Crippen molar-refractivity contribution < 1.29 is 9.53 Å². The summed E-state index contributed by atoms with van der Waals surface area (Å²) in [5, 5.41) is 4.18. The van der Waals surface area contributed by atoms with E-state index in [-0.39, 0.29) is 17.2 Å². The number of carbonyl (C=O) groups excluding carboxylic acids is 1. The first-order valence-electron chi connectivity index (χ1n) is 5.71. The van der Waals surface area contributed by atoms with Gasteiger partial charge in [-0.1, -0.05) is 17.7 Å². The maximum absolute atomic E-state index is 11.9. The number of anilines is 1. The summed E-state index contributed by atoms with van der Waals surface area (Å²) in [6.45, 7) is 2.62. The predicted molar refractivity (Wildman–Crippen MR) is 70.7 cm³/mol. The minimum absolute atomic E-state index is 0.0395. The highest BCUT2D eigenvalue weighted by Crippen LogP contribution is 2.23. The Hall–Kier alpha value is -2.08. The number of halogens is 1. The molecular formula is C12H13ClN4O2. The van der Waals surface area contributed by atoms with Crippen molar-refractivity contribution >= 4 is 23.3 Å². The largest absolute Gasteiger partial charge is 0.454 e. The van der Waals surface area contributed by atoms with E-state index in [1.54, 1.807) is 22.9 Å². The van der Waals surface area contributed by atoms with Gasteiger partial charge >= 0.3 is 5.97 Å². The lowest BCUT2D eigenvalue weighted by atomic mass is 10.2. The van der Waals surface area contributed by atoms with Gasteiger partial charge in [0.2, 0.25) is 0 Å². The van der Waals surface area contributed by atoms with Crippen LogP contribution in [0.15, 0.2) is 24.5 Å². The van der Waals surface area contributed by atoms with Crippen molar-refractivity contribution in [2.45, 2.75) is 20.1 Å². The lowest BCUT2D eigenvalue weighted by Gasteiger charge is -2.07. The Kier molecular flexibility index (Phi) is 4.01. The maximum atomic E-state index is 11.9. The fourth-order valence-electron chi connectivity index (χ4n) is 1.58. The van der Waals surface area contributed by atoms with Gasteiger partial charge in [-0.05, 0) is 19.1 Å². The zero-order valence-electron chi connectivity index (χ0n) is 10.3. The van der Waals surface area contributed by atoms with Crippen LogP contribution in [0.1, 0.15) is 23.1 Å². The molecule has 0 spiro atoms. The first-order chi connectivity index (χ1) is 9.13. The first kappa shape index (κ1) is 13.4. The molecule has 0 saturated heterocycles. The van der Waals surface area contributed by atoms with Gasteiger partial charge in [0.15, 0.2) is 12.4 Å². The normalized spacial score (nSPS) is 10.4. The number of nitrogens with zero attached hydrogens (tertiary/aromatic N) is 3. The number of hydrogen-bond acceptors (Lipinski definition) is 5. The number of esters is 1. The third-order valence-corrected chi connectivity index (χ3v) is 3.00. The maximum Gasteiger partial charge on any atom is 0.340 e. The number of benzene rings is 1. The Labute approximate surface area is 115 Å². The molecule has 2 N–H and O–H groups in total. The molecule has 0 aliphatic heterocycles. The molecule has 1 aromatic carbocycles.